The van der Waals surface area contributed by atoms with E-state index >= 15 is 0 Å². The summed E-state index contributed by atoms with van der Waals surface area (Å²) in [6.45, 7) is -2.60. The molecule has 0 unspecified atom stereocenters. The monoisotopic (exact) mass is 516 g/mol. The van der Waals surface area contributed by atoms with Crippen molar-refractivity contribution in [1.82, 2.24) is 31.9 Å². The summed E-state index contributed by atoms with van der Waals surface area (Å²) in [5.74, 6) is -5.70. The molecule has 202 valence electrons. The normalized spacial score (nSPS) is 9.89. The maximum Gasteiger partial charge on any atom is 0.322 e. The van der Waals surface area contributed by atoms with E-state index in [-0.39, 0.29) is 37.7 Å². The zero-order valence-electron chi connectivity index (χ0n) is 19.6. The molecule has 0 spiro atoms. The average Bonchev–Trinajstić information content (AvgIpc) is 2.82. The van der Waals surface area contributed by atoms with Gasteiger partial charge >= 0.3 is 11.9 Å². The molecule has 0 atom stereocenters. The van der Waals surface area contributed by atoms with Gasteiger partial charge in [0.15, 0.2) is 0 Å². The van der Waals surface area contributed by atoms with E-state index in [1.807, 2.05) is 0 Å². The van der Waals surface area contributed by atoms with Crippen LogP contribution in [0.15, 0.2) is 0 Å². The van der Waals surface area contributed by atoms with Crippen LogP contribution in [0, 0.1) is 0 Å². The molecule has 16 heteroatoms. The van der Waals surface area contributed by atoms with Gasteiger partial charge in [0, 0.05) is 12.8 Å². The number of carboxylic acids is 2. The van der Waals surface area contributed by atoms with Gasteiger partial charge in [0.05, 0.1) is 26.2 Å². The van der Waals surface area contributed by atoms with E-state index in [2.05, 4.69) is 31.9 Å². The molecule has 36 heavy (non-hydrogen) atoms. The topological polar surface area (TPSA) is 249 Å². The zero-order valence-corrected chi connectivity index (χ0v) is 19.6. The Hall–Kier alpha value is -4.24. The number of carboxylic acid groups (broad SMARTS) is 2. The molecule has 16 nitrogen and oxygen atoms in total. The second-order valence-corrected chi connectivity index (χ2v) is 7.36. The predicted octanol–water partition coefficient (Wildman–Crippen LogP) is -3.81. The van der Waals surface area contributed by atoms with Crippen LogP contribution in [-0.2, 0) is 38.4 Å². The molecule has 0 radical (unpaired) electrons. The number of hydrogen-bond donors (Lipinski definition) is 8. The van der Waals surface area contributed by atoms with E-state index in [0.29, 0.717) is 25.7 Å². The van der Waals surface area contributed by atoms with Crippen LogP contribution < -0.4 is 31.9 Å². The van der Waals surface area contributed by atoms with Crippen LogP contribution in [-0.4, -0.2) is 96.9 Å². The van der Waals surface area contributed by atoms with Crippen LogP contribution >= 0.6 is 0 Å². The molecule has 0 aliphatic heterocycles. The maximum absolute atomic E-state index is 11.7. The second-order valence-electron chi connectivity index (χ2n) is 7.36. The highest BCUT2D eigenvalue weighted by Gasteiger charge is 2.10. The summed E-state index contributed by atoms with van der Waals surface area (Å²) in [6, 6.07) is 0. The third-order valence-corrected chi connectivity index (χ3v) is 4.22. The summed E-state index contributed by atoms with van der Waals surface area (Å²) in [6.07, 6.45) is 2.70. The first-order valence-electron chi connectivity index (χ1n) is 11.0. The molecule has 8 N–H and O–H groups in total. The van der Waals surface area contributed by atoms with E-state index in [9.17, 15) is 38.4 Å². The number of rotatable bonds is 19. The van der Waals surface area contributed by atoms with Crippen molar-refractivity contribution in [3.05, 3.63) is 0 Å². The highest BCUT2D eigenvalue weighted by Crippen LogP contribution is 2.05. The Balaban J connectivity index is 3.71. The van der Waals surface area contributed by atoms with E-state index < -0.39 is 61.7 Å². The van der Waals surface area contributed by atoms with Crippen LogP contribution in [0.5, 0.6) is 0 Å². The van der Waals surface area contributed by atoms with Crippen molar-refractivity contribution in [3.63, 3.8) is 0 Å². The number of carbonyl (C=O) groups is 8. The lowest BCUT2D eigenvalue weighted by atomic mass is 10.1. The molecular weight excluding hydrogens is 484 g/mol. The van der Waals surface area contributed by atoms with Gasteiger partial charge in [-0.2, -0.15) is 0 Å². The molecule has 0 aromatic carbocycles. The van der Waals surface area contributed by atoms with E-state index in [1.54, 1.807) is 0 Å². The molecule has 0 aliphatic rings. The fourth-order valence-electron chi connectivity index (χ4n) is 2.42. The molecule has 6 amide bonds. The molecule has 0 fully saturated rings. The van der Waals surface area contributed by atoms with Crippen molar-refractivity contribution in [3.8, 4) is 0 Å². The van der Waals surface area contributed by atoms with Gasteiger partial charge in [-0.25, -0.2) is 0 Å². The van der Waals surface area contributed by atoms with Crippen LogP contribution in [0.4, 0.5) is 0 Å². The molecular formula is C20H32N6O10. The smallest absolute Gasteiger partial charge is 0.322 e. The minimum Gasteiger partial charge on any atom is -0.480 e. The van der Waals surface area contributed by atoms with Gasteiger partial charge < -0.3 is 42.1 Å². The standard InChI is InChI=1S/C20H32N6O10/c27-13(21-7-15(29)23-9-17(31)25-11-19(33)34)5-3-1-2-4-6-14(28)22-8-16(30)24-10-18(32)26-12-20(35)36/h1-12H2,(H,21,27)(H,22,28)(H,23,29)(H,24,30)(H,25,31)(H,26,32)(H,33,34)(H,35,36). The quantitative estimate of drug-likeness (QED) is 0.0777. The van der Waals surface area contributed by atoms with E-state index in [4.69, 9.17) is 10.2 Å². The summed E-state index contributed by atoms with van der Waals surface area (Å²) in [7, 11) is 0. The SMILES string of the molecule is O=C(O)CNC(=O)CNC(=O)CNC(=O)CCCCCCC(=O)NCC(=O)NCC(=O)NCC(=O)O. The van der Waals surface area contributed by atoms with Gasteiger partial charge in [-0.3, -0.25) is 38.4 Å². The molecule has 0 bridgehead atoms. The van der Waals surface area contributed by atoms with Gasteiger partial charge in [-0.15, -0.1) is 0 Å². The number of hydrogen-bond acceptors (Lipinski definition) is 8. The Morgan fingerprint density at radius 1 is 0.361 bits per heavy atom. The highest BCUT2D eigenvalue weighted by atomic mass is 16.4. The maximum atomic E-state index is 11.7. The summed E-state index contributed by atoms with van der Waals surface area (Å²) < 4.78 is 0. The molecule has 0 aromatic rings. The predicted molar refractivity (Wildman–Crippen MR) is 121 cm³/mol. The molecule has 0 aromatic heterocycles. The van der Waals surface area contributed by atoms with Crippen molar-refractivity contribution in [1.29, 1.82) is 0 Å². The molecule has 0 aliphatic carbocycles. The molecule has 0 rings (SSSR count). The van der Waals surface area contributed by atoms with Crippen molar-refractivity contribution >= 4 is 47.4 Å². The Labute approximate surface area is 206 Å². The van der Waals surface area contributed by atoms with Gasteiger partial charge in [-0.05, 0) is 12.8 Å². The highest BCUT2D eigenvalue weighted by molar-refractivity contribution is 5.90. The number of amides is 6. The second kappa shape index (κ2) is 19.1. The van der Waals surface area contributed by atoms with E-state index in [0.717, 1.165) is 0 Å². The fraction of sp³-hybridized carbons (Fsp3) is 0.600. The van der Waals surface area contributed by atoms with Crippen molar-refractivity contribution in [2.24, 2.45) is 0 Å². The van der Waals surface area contributed by atoms with Gasteiger partial charge in [0.1, 0.15) is 13.1 Å². The zero-order chi connectivity index (χ0) is 27.3. The van der Waals surface area contributed by atoms with Crippen molar-refractivity contribution in [2.45, 2.75) is 38.5 Å². The first-order valence-corrected chi connectivity index (χ1v) is 11.0. The Morgan fingerprint density at radius 3 is 0.889 bits per heavy atom. The lowest BCUT2D eigenvalue weighted by Gasteiger charge is -2.08. The number of unbranched alkanes of at least 4 members (excludes halogenated alkanes) is 3. The molecule has 0 heterocycles. The minimum absolute atomic E-state index is 0.165. The van der Waals surface area contributed by atoms with E-state index in [1.165, 1.54) is 0 Å². The lowest BCUT2D eigenvalue weighted by molar-refractivity contribution is -0.138. The first-order chi connectivity index (χ1) is 17.0. The van der Waals surface area contributed by atoms with Crippen molar-refractivity contribution in [2.75, 3.05) is 39.3 Å². The third-order valence-electron chi connectivity index (χ3n) is 4.22. The largest absolute Gasteiger partial charge is 0.480 e. The summed E-state index contributed by atoms with van der Waals surface area (Å²) in [5.41, 5.74) is 0. The fourth-order valence-corrected chi connectivity index (χ4v) is 2.42. The third kappa shape index (κ3) is 20.4. The van der Waals surface area contributed by atoms with Gasteiger partial charge in [0.25, 0.3) is 0 Å². The summed E-state index contributed by atoms with van der Waals surface area (Å²) in [4.78, 5) is 89.7. The van der Waals surface area contributed by atoms with Crippen LogP contribution in [0.1, 0.15) is 38.5 Å². The van der Waals surface area contributed by atoms with Crippen LogP contribution in [0.2, 0.25) is 0 Å². The number of carbonyl (C=O) groups excluding carboxylic acids is 6. The molecule has 0 saturated heterocycles. The Bertz CT molecular complexity index is 751. The minimum atomic E-state index is -1.22. The van der Waals surface area contributed by atoms with Gasteiger partial charge in [-0.1, -0.05) is 12.8 Å². The lowest BCUT2D eigenvalue weighted by Crippen LogP contribution is -2.42. The summed E-state index contributed by atoms with van der Waals surface area (Å²) in [5, 5.41) is 30.2. The van der Waals surface area contributed by atoms with Crippen molar-refractivity contribution < 1.29 is 48.6 Å². The number of nitrogens with one attached hydrogen (secondary N) is 6. The number of aliphatic carboxylic acids is 2. The van der Waals surface area contributed by atoms with Gasteiger partial charge in [0.2, 0.25) is 35.4 Å². The summed E-state index contributed by atoms with van der Waals surface area (Å²) >= 11 is 0. The Morgan fingerprint density at radius 2 is 0.611 bits per heavy atom. The van der Waals surface area contributed by atoms with Crippen LogP contribution in [0.25, 0.3) is 0 Å². The molecule has 0 saturated carbocycles. The van der Waals surface area contributed by atoms with Crippen LogP contribution in [0.3, 0.4) is 0 Å². The average molecular weight is 517 g/mol. The Kier molecular flexibility index (Phi) is 16.9. The first kappa shape index (κ1) is 31.8.